The number of ether oxygens (including phenoxy) is 1. The van der Waals surface area contributed by atoms with Gasteiger partial charge in [0.05, 0.1) is 18.8 Å². The summed E-state index contributed by atoms with van der Waals surface area (Å²) in [6, 6.07) is 9.33. The summed E-state index contributed by atoms with van der Waals surface area (Å²) in [6.07, 6.45) is 2.56. The lowest BCUT2D eigenvalue weighted by Crippen LogP contribution is -2.38. The first kappa shape index (κ1) is 14.9. The van der Waals surface area contributed by atoms with Gasteiger partial charge >= 0.3 is 0 Å². The molecule has 0 amide bonds. The third-order valence-corrected chi connectivity index (χ3v) is 4.59. The van der Waals surface area contributed by atoms with Gasteiger partial charge < -0.3 is 10.1 Å². The number of thioether (sulfide) groups is 1. The molecular weight excluding hydrogens is 254 g/mol. The van der Waals surface area contributed by atoms with Crippen molar-refractivity contribution in [2.45, 2.75) is 38.8 Å². The molecule has 1 heterocycles. The molecule has 0 radical (unpaired) electrons. The molecule has 0 spiro atoms. The van der Waals surface area contributed by atoms with Gasteiger partial charge in [-0.05, 0) is 30.5 Å². The molecule has 0 bridgehead atoms. The summed E-state index contributed by atoms with van der Waals surface area (Å²) >= 11 is 2.00. The number of hydrogen-bond donors (Lipinski definition) is 1. The molecule has 1 fully saturated rings. The van der Waals surface area contributed by atoms with Crippen molar-refractivity contribution in [1.82, 2.24) is 5.32 Å². The van der Waals surface area contributed by atoms with Gasteiger partial charge in [-0.3, -0.25) is 0 Å². The van der Waals surface area contributed by atoms with E-state index in [2.05, 4.69) is 43.4 Å². The highest BCUT2D eigenvalue weighted by atomic mass is 32.2. The van der Waals surface area contributed by atoms with Crippen molar-refractivity contribution in [2.24, 2.45) is 0 Å². The van der Waals surface area contributed by atoms with Crippen LogP contribution in [0.3, 0.4) is 0 Å². The van der Waals surface area contributed by atoms with Crippen molar-refractivity contribution in [3.05, 3.63) is 35.4 Å². The zero-order chi connectivity index (χ0) is 13.5. The lowest BCUT2D eigenvalue weighted by Gasteiger charge is -2.31. The van der Waals surface area contributed by atoms with E-state index in [4.69, 9.17) is 4.74 Å². The maximum Gasteiger partial charge on any atom is 0.0860 e. The highest BCUT2D eigenvalue weighted by molar-refractivity contribution is 7.99. The Morgan fingerprint density at radius 2 is 2.11 bits per heavy atom. The normalized spacial score (nSPS) is 21.3. The van der Waals surface area contributed by atoms with Crippen molar-refractivity contribution < 1.29 is 4.74 Å². The van der Waals surface area contributed by atoms with Gasteiger partial charge in [-0.1, -0.05) is 38.1 Å². The molecule has 2 unspecified atom stereocenters. The zero-order valence-corrected chi connectivity index (χ0v) is 12.8. The van der Waals surface area contributed by atoms with E-state index in [1.807, 2.05) is 11.8 Å². The minimum absolute atomic E-state index is 0.303. The molecule has 1 aromatic carbocycles. The molecule has 1 aromatic rings. The van der Waals surface area contributed by atoms with Gasteiger partial charge in [0.2, 0.25) is 0 Å². The molecule has 0 aromatic heterocycles. The van der Waals surface area contributed by atoms with Crippen LogP contribution < -0.4 is 5.32 Å². The Balaban J connectivity index is 2.10. The van der Waals surface area contributed by atoms with Gasteiger partial charge in [0.15, 0.2) is 0 Å². The van der Waals surface area contributed by atoms with E-state index < -0.39 is 0 Å². The van der Waals surface area contributed by atoms with Crippen LogP contribution in [0.4, 0.5) is 0 Å². The van der Waals surface area contributed by atoms with E-state index in [-0.39, 0.29) is 0 Å². The second kappa shape index (κ2) is 7.93. The number of hydrogen-bond acceptors (Lipinski definition) is 3. The van der Waals surface area contributed by atoms with E-state index in [1.54, 1.807) is 0 Å². The Hall–Kier alpha value is -0.510. The molecule has 2 nitrogen and oxygen atoms in total. The lowest BCUT2D eigenvalue weighted by molar-refractivity contribution is 0.0468. The van der Waals surface area contributed by atoms with E-state index in [1.165, 1.54) is 11.1 Å². The first-order valence-electron chi connectivity index (χ1n) is 7.36. The number of rotatable bonds is 6. The van der Waals surface area contributed by atoms with Gasteiger partial charge in [-0.2, -0.15) is 11.8 Å². The van der Waals surface area contributed by atoms with Gasteiger partial charge in [0, 0.05) is 11.5 Å². The second-order valence-electron chi connectivity index (χ2n) is 5.01. The molecule has 2 atom stereocenters. The standard InChI is InChI=1S/C16H25NOS/c1-3-9-17-16(15-12-19-11-10-18-15)14-7-5-13(4-2)6-8-14/h5-8,15-17H,3-4,9-12H2,1-2H3. The lowest BCUT2D eigenvalue weighted by atomic mass is 9.99. The highest BCUT2D eigenvalue weighted by Crippen LogP contribution is 2.26. The Labute approximate surface area is 121 Å². The summed E-state index contributed by atoms with van der Waals surface area (Å²) in [4.78, 5) is 0. The van der Waals surface area contributed by atoms with Crippen LogP contribution in [0, 0.1) is 0 Å². The fraction of sp³-hybridized carbons (Fsp3) is 0.625. The Morgan fingerprint density at radius 3 is 2.68 bits per heavy atom. The summed E-state index contributed by atoms with van der Waals surface area (Å²) in [5.41, 5.74) is 2.76. The molecule has 2 rings (SSSR count). The minimum atomic E-state index is 0.303. The monoisotopic (exact) mass is 279 g/mol. The van der Waals surface area contributed by atoms with Crippen molar-refractivity contribution in [3.63, 3.8) is 0 Å². The van der Waals surface area contributed by atoms with Gasteiger partial charge in [0.25, 0.3) is 0 Å². The van der Waals surface area contributed by atoms with E-state index in [0.717, 1.165) is 37.5 Å². The van der Waals surface area contributed by atoms with Crippen LogP contribution in [0.5, 0.6) is 0 Å². The number of nitrogens with one attached hydrogen (secondary N) is 1. The molecule has 0 aliphatic carbocycles. The Kier molecular flexibility index (Phi) is 6.21. The fourth-order valence-electron chi connectivity index (χ4n) is 2.42. The fourth-order valence-corrected chi connectivity index (χ4v) is 3.32. The SMILES string of the molecule is CCCNC(c1ccc(CC)cc1)C1CSCCO1. The molecule has 19 heavy (non-hydrogen) atoms. The average Bonchev–Trinajstić information content (AvgIpc) is 2.49. The van der Waals surface area contributed by atoms with Crippen LogP contribution in [0.25, 0.3) is 0 Å². The van der Waals surface area contributed by atoms with Crippen LogP contribution in [-0.2, 0) is 11.2 Å². The van der Waals surface area contributed by atoms with E-state index in [0.29, 0.717) is 12.1 Å². The molecular formula is C16H25NOS. The first-order valence-corrected chi connectivity index (χ1v) is 8.52. The third-order valence-electron chi connectivity index (χ3n) is 3.57. The molecule has 0 saturated carbocycles. The van der Waals surface area contributed by atoms with Crippen LogP contribution >= 0.6 is 11.8 Å². The van der Waals surface area contributed by atoms with Crippen LogP contribution in [0.2, 0.25) is 0 Å². The van der Waals surface area contributed by atoms with Gasteiger partial charge in [-0.25, -0.2) is 0 Å². The molecule has 1 aliphatic rings. The first-order chi connectivity index (χ1) is 9.35. The molecule has 1 N–H and O–H groups in total. The van der Waals surface area contributed by atoms with Gasteiger partial charge in [0.1, 0.15) is 0 Å². The zero-order valence-electron chi connectivity index (χ0n) is 12.0. The highest BCUT2D eigenvalue weighted by Gasteiger charge is 2.25. The Morgan fingerprint density at radius 1 is 1.32 bits per heavy atom. The summed E-state index contributed by atoms with van der Waals surface area (Å²) in [6.45, 7) is 6.33. The predicted molar refractivity (Wildman–Crippen MR) is 83.9 cm³/mol. The van der Waals surface area contributed by atoms with E-state index in [9.17, 15) is 0 Å². The van der Waals surface area contributed by atoms with Crippen LogP contribution in [0.15, 0.2) is 24.3 Å². The van der Waals surface area contributed by atoms with Crippen molar-refractivity contribution >= 4 is 11.8 Å². The predicted octanol–water partition coefficient (Wildman–Crippen LogP) is 3.42. The van der Waals surface area contributed by atoms with Crippen LogP contribution in [0.1, 0.15) is 37.4 Å². The minimum Gasteiger partial charge on any atom is -0.375 e. The maximum absolute atomic E-state index is 5.96. The summed E-state index contributed by atoms with van der Waals surface area (Å²) in [7, 11) is 0. The summed E-state index contributed by atoms with van der Waals surface area (Å²) in [5, 5.41) is 3.65. The van der Waals surface area contributed by atoms with Crippen molar-refractivity contribution in [3.8, 4) is 0 Å². The number of benzene rings is 1. The third kappa shape index (κ3) is 4.23. The van der Waals surface area contributed by atoms with Crippen LogP contribution in [-0.4, -0.2) is 30.8 Å². The average molecular weight is 279 g/mol. The second-order valence-corrected chi connectivity index (χ2v) is 6.16. The van der Waals surface area contributed by atoms with E-state index >= 15 is 0 Å². The smallest absolute Gasteiger partial charge is 0.0860 e. The molecule has 3 heteroatoms. The topological polar surface area (TPSA) is 21.3 Å². The number of aryl methyl sites for hydroxylation is 1. The maximum atomic E-state index is 5.96. The van der Waals surface area contributed by atoms with Crippen molar-refractivity contribution in [2.75, 3.05) is 24.7 Å². The molecule has 106 valence electrons. The summed E-state index contributed by atoms with van der Waals surface area (Å²) < 4.78 is 5.96. The molecule has 1 saturated heterocycles. The molecule has 1 aliphatic heterocycles. The Bertz CT molecular complexity index is 360. The van der Waals surface area contributed by atoms with Crippen molar-refractivity contribution in [1.29, 1.82) is 0 Å². The largest absolute Gasteiger partial charge is 0.375 e. The summed E-state index contributed by atoms with van der Waals surface area (Å²) in [5.74, 6) is 2.22. The quantitative estimate of drug-likeness (QED) is 0.862. The van der Waals surface area contributed by atoms with Gasteiger partial charge in [-0.15, -0.1) is 0 Å².